The lowest BCUT2D eigenvalue weighted by atomic mass is 10.1. The molecule has 2 aromatic carbocycles. The third-order valence-electron chi connectivity index (χ3n) is 5.31. The number of nitrogens with one attached hydrogen (secondary N) is 1. The first-order chi connectivity index (χ1) is 15.4. The number of pyridine rings is 1. The fraction of sp³-hybridized carbons (Fsp3) is 0.0833. The average Bonchev–Trinajstić information content (AvgIpc) is 3.39. The van der Waals surface area contributed by atoms with Crippen molar-refractivity contribution in [3.63, 3.8) is 0 Å². The van der Waals surface area contributed by atoms with Crippen LogP contribution in [0.4, 0.5) is 5.82 Å². The Morgan fingerprint density at radius 2 is 1.72 bits per heavy atom. The molecule has 8 heteroatoms. The molecule has 32 heavy (non-hydrogen) atoms. The first-order valence-corrected chi connectivity index (χ1v) is 12.2. The van der Waals surface area contributed by atoms with Crippen LogP contribution in [0.3, 0.4) is 0 Å². The van der Waals surface area contributed by atoms with Gasteiger partial charge in [0.1, 0.15) is 5.82 Å². The molecule has 1 aliphatic rings. The van der Waals surface area contributed by atoms with Gasteiger partial charge in [0.2, 0.25) is 0 Å². The van der Waals surface area contributed by atoms with E-state index >= 15 is 0 Å². The molecular weight excluding hydrogens is 442 g/mol. The number of aromatic nitrogens is 1. The van der Waals surface area contributed by atoms with Gasteiger partial charge in [-0.2, -0.15) is 0 Å². The van der Waals surface area contributed by atoms with Crippen molar-refractivity contribution in [3.05, 3.63) is 90.1 Å². The zero-order valence-electron chi connectivity index (χ0n) is 17.1. The highest BCUT2D eigenvalue weighted by Gasteiger charge is 2.24. The summed E-state index contributed by atoms with van der Waals surface area (Å²) in [5, 5.41) is 0. The Balaban J connectivity index is 1.43. The zero-order valence-corrected chi connectivity index (χ0v) is 18.8. The van der Waals surface area contributed by atoms with E-state index in [1.54, 1.807) is 59.7 Å². The molecule has 1 aliphatic heterocycles. The van der Waals surface area contributed by atoms with Gasteiger partial charge >= 0.3 is 0 Å². The summed E-state index contributed by atoms with van der Waals surface area (Å²) >= 11 is 1.58. The molecule has 4 aromatic rings. The SMILES string of the molecule is CN1Cc2cc(-c3ccc(-c4cccc(S(=O)(=O)Nc5ccccn5)c4)s3)ccc2C1=O. The van der Waals surface area contributed by atoms with Crippen LogP contribution in [-0.4, -0.2) is 31.3 Å². The van der Waals surface area contributed by atoms with Crippen LogP contribution in [0.15, 0.2) is 83.9 Å². The van der Waals surface area contributed by atoms with Crippen LogP contribution in [0.2, 0.25) is 0 Å². The fourth-order valence-corrected chi connectivity index (χ4v) is 5.76. The third-order valence-corrected chi connectivity index (χ3v) is 7.85. The minimum absolute atomic E-state index is 0.0516. The molecule has 0 saturated carbocycles. The Hall–Kier alpha value is -3.49. The highest BCUT2D eigenvalue weighted by molar-refractivity contribution is 7.92. The summed E-state index contributed by atoms with van der Waals surface area (Å²) in [4.78, 5) is 20.1. The Bertz CT molecular complexity index is 1430. The summed E-state index contributed by atoms with van der Waals surface area (Å²) in [6.45, 7) is 0.614. The highest BCUT2D eigenvalue weighted by atomic mass is 32.2. The number of fused-ring (bicyclic) bond motifs is 1. The van der Waals surface area contributed by atoms with Gasteiger partial charge in [-0.05, 0) is 65.2 Å². The number of rotatable bonds is 5. The molecule has 6 nitrogen and oxygen atoms in total. The number of nitrogens with zero attached hydrogens (tertiary/aromatic N) is 2. The maximum Gasteiger partial charge on any atom is 0.263 e. The van der Waals surface area contributed by atoms with Gasteiger partial charge in [0, 0.05) is 35.1 Å². The number of amides is 1. The minimum atomic E-state index is -3.75. The van der Waals surface area contributed by atoms with E-state index in [4.69, 9.17) is 0 Å². The van der Waals surface area contributed by atoms with Crippen LogP contribution >= 0.6 is 11.3 Å². The number of benzene rings is 2. The standard InChI is InChI=1S/C24H19N3O3S2/c1-27-15-18-13-17(8-9-20(18)24(27)28)22-11-10-21(31-22)16-5-4-6-19(14-16)32(29,30)26-23-7-2-3-12-25-23/h2-14H,15H2,1H3,(H,25,26). The molecule has 160 valence electrons. The van der Waals surface area contributed by atoms with Gasteiger partial charge in [-0.1, -0.05) is 24.3 Å². The van der Waals surface area contributed by atoms with Crippen molar-refractivity contribution in [1.29, 1.82) is 0 Å². The Morgan fingerprint density at radius 1 is 0.938 bits per heavy atom. The van der Waals surface area contributed by atoms with E-state index in [0.717, 1.165) is 32.0 Å². The summed E-state index contributed by atoms with van der Waals surface area (Å²) in [5.74, 6) is 0.327. The fourth-order valence-electron chi connectivity index (χ4n) is 3.70. The maximum absolute atomic E-state index is 12.8. The lowest BCUT2D eigenvalue weighted by Gasteiger charge is -2.08. The van der Waals surface area contributed by atoms with E-state index in [2.05, 4.69) is 15.8 Å². The zero-order chi connectivity index (χ0) is 22.3. The van der Waals surface area contributed by atoms with E-state index in [9.17, 15) is 13.2 Å². The van der Waals surface area contributed by atoms with Crippen LogP contribution in [0, 0.1) is 0 Å². The second-order valence-corrected chi connectivity index (χ2v) is 10.3. The van der Waals surface area contributed by atoms with Crippen molar-refractivity contribution >= 4 is 33.1 Å². The Morgan fingerprint density at radius 3 is 2.47 bits per heavy atom. The largest absolute Gasteiger partial charge is 0.337 e. The number of hydrogen-bond acceptors (Lipinski definition) is 5. The quantitative estimate of drug-likeness (QED) is 0.460. The molecule has 1 N–H and O–H groups in total. The smallest absolute Gasteiger partial charge is 0.263 e. The molecule has 0 unspecified atom stereocenters. The molecule has 0 saturated heterocycles. The first-order valence-electron chi connectivity index (χ1n) is 9.94. The first kappa shape index (κ1) is 20.4. The molecule has 0 spiro atoms. The number of carbonyl (C=O) groups excluding carboxylic acids is 1. The molecule has 0 bridgehead atoms. The summed E-state index contributed by atoms with van der Waals surface area (Å²) in [6, 6.07) is 21.8. The van der Waals surface area contributed by atoms with Gasteiger partial charge in [0.05, 0.1) is 4.90 Å². The van der Waals surface area contributed by atoms with Crippen LogP contribution in [0.5, 0.6) is 0 Å². The highest BCUT2D eigenvalue weighted by Crippen LogP contribution is 2.37. The van der Waals surface area contributed by atoms with Crippen LogP contribution in [0.25, 0.3) is 20.9 Å². The summed E-state index contributed by atoms with van der Waals surface area (Å²) in [7, 11) is -1.95. The lowest BCUT2D eigenvalue weighted by Crippen LogP contribution is -2.17. The van der Waals surface area contributed by atoms with Gasteiger partial charge in [0.25, 0.3) is 15.9 Å². The van der Waals surface area contributed by atoms with Gasteiger partial charge in [-0.25, -0.2) is 13.4 Å². The van der Waals surface area contributed by atoms with Crippen molar-refractivity contribution in [1.82, 2.24) is 9.88 Å². The topological polar surface area (TPSA) is 79.4 Å². The van der Waals surface area contributed by atoms with Crippen molar-refractivity contribution in [2.75, 3.05) is 11.8 Å². The Kier molecular flexibility index (Phi) is 5.03. The molecule has 0 fully saturated rings. The second-order valence-electron chi connectivity index (χ2n) is 7.55. The van der Waals surface area contributed by atoms with Gasteiger partial charge in [0.15, 0.2) is 0 Å². The van der Waals surface area contributed by atoms with Crippen LogP contribution in [-0.2, 0) is 16.6 Å². The number of carbonyl (C=O) groups is 1. The number of thiophene rings is 1. The average molecular weight is 462 g/mol. The van der Waals surface area contributed by atoms with Gasteiger partial charge in [-0.15, -0.1) is 11.3 Å². The van der Waals surface area contributed by atoms with Crippen LogP contribution in [0.1, 0.15) is 15.9 Å². The third kappa shape index (κ3) is 3.79. The maximum atomic E-state index is 12.8. The van der Waals surface area contributed by atoms with E-state index in [0.29, 0.717) is 6.54 Å². The van der Waals surface area contributed by atoms with Gasteiger partial charge < -0.3 is 4.90 Å². The predicted octanol–water partition coefficient (Wildman–Crippen LogP) is 4.86. The number of sulfonamides is 1. The number of hydrogen-bond donors (Lipinski definition) is 1. The second kappa shape index (κ2) is 7.89. The van der Waals surface area contributed by atoms with Crippen LogP contribution < -0.4 is 4.72 Å². The van der Waals surface area contributed by atoms with Crippen molar-refractivity contribution in [2.45, 2.75) is 11.4 Å². The molecule has 3 heterocycles. The lowest BCUT2D eigenvalue weighted by molar-refractivity contribution is 0.0816. The molecule has 0 atom stereocenters. The molecular formula is C24H19N3O3S2. The van der Waals surface area contributed by atoms with Crippen molar-refractivity contribution < 1.29 is 13.2 Å². The molecule has 5 rings (SSSR count). The van der Waals surface area contributed by atoms with Crippen molar-refractivity contribution in [2.24, 2.45) is 0 Å². The molecule has 2 aromatic heterocycles. The Labute approximate surface area is 190 Å². The summed E-state index contributed by atoms with van der Waals surface area (Å²) in [5.41, 5.74) is 3.65. The minimum Gasteiger partial charge on any atom is -0.337 e. The normalized spacial score (nSPS) is 13.3. The van der Waals surface area contributed by atoms with E-state index in [-0.39, 0.29) is 16.6 Å². The van der Waals surface area contributed by atoms with Gasteiger partial charge in [-0.3, -0.25) is 9.52 Å². The summed E-state index contributed by atoms with van der Waals surface area (Å²) < 4.78 is 28.1. The monoisotopic (exact) mass is 461 g/mol. The molecule has 0 aliphatic carbocycles. The van der Waals surface area contributed by atoms with E-state index in [1.807, 2.05) is 30.3 Å². The predicted molar refractivity (Wildman–Crippen MR) is 126 cm³/mol. The van der Waals surface area contributed by atoms with Crippen molar-refractivity contribution in [3.8, 4) is 20.9 Å². The molecule has 0 radical (unpaired) electrons. The molecule has 1 amide bonds. The summed E-state index contributed by atoms with van der Waals surface area (Å²) in [6.07, 6.45) is 1.54. The number of anilines is 1. The van der Waals surface area contributed by atoms with E-state index in [1.165, 1.54) is 6.20 Å². The van der Waals surface area contributed by atoms with E-state index < -0.39 is 10.0 Å².